The molecule has 0 aliphatic heterocycles. The van der Waals surface area contributed by atoms with Gasteiger partial charge < -0.3 is 18.1 Å². The highest BCUT2D eigenvalue weighted by molar-refractivity contribution is 7.49. The van der Waals surface area contributed by atoms with Gasteiger partial charge in [-0.15, -0.1) is 0 Å². The average molecular weight is 679 g/mol. The van der Waals surface area contributed by atoms with Gasteiger partial charge >= 0.3 is 15.6 Å². The first-order valence-electron chi connectivity index (χ1n) is 15.1. The van der Waals surface area contributed by atoms with Crippen LogP contribution < -0.4 is 18.1 Å². The third kappa shape index (κ3) is 9.03. The molecule has 8 nitrogen and oxygen atoms in total. The van der Waals surface area contributed by atoms with E-state index < -0.39 is 27.9 Å². The van der Waals surface area contributed by atoms with Crippen LogP contribution in [0.1, 0.15) is 23.3 Å². The molecule has 0 amide bonds. The van der Waals surface area contributed by atoms with E-state index in [-0.39, 0.29) is 23.0 Å². The molecule has 0 fully saturated rings. The van der Waals surface area contributed by atoms with Gasteiger partial charge in [0.15, 0.2) is 0 Å². The largest absolute Gasteiger partial charge is 0.588 e. The van der Waals surface area contributed by atoms with E-state index in [0.717, 1.165) is 0 Å². The van der Waals surface area contributed by atoms with Crippen molar-refractivity contribution in [3.8, 4) is 23.0 Å². The minimum atomic E-state index is -4.51. The van der Waals surface area contributed by atoms with Crippen molar-refractivity contribution in [3.63, 3.8) is 0 Å². The van der Waals surface area contributed by atoms with E-state index in [9.17, 15) is 9.13 Å². The number of rotatable bonds is 15. The van der Waals surface area contributed by atoms with E-state index in [1.165, 1.54) is 0 Å². The molecule has 0 N–H and O–H groups in total. The zero-order chi connectivity index (χ0) is 33.1. The van der Waals surface area contributed by atoms with Gasteiger partial charge in [-0.3, -0.25) is 9.05 Å². The molecule has 0 aliphatic rings. The summed E-state index contributed by atoms with van der Waals surface area (Å²) in [6.45, 7) is 0. The Bertz CT molecular complexity index is 1700. The molecule has 10 heteroatoms. The van der Waals surface area contributed by atoms with Gasteiger partial charge in [0.05, 0.1) is 0 Å². The second-order valence-electron chi connectivity index (χ2n) is 10.4. The lowest BCUT2D eigenvalue weighted by molar-refractivity contribution is 0.0186. The van der Waals surface area contributed by atoms with Crippen molar-refractivity contribution >= 4 is 15.6 Å². The standard InChI is InChI=1S/C38H32O8P2/c39-47(41-33-23-11-3-12-24-33,42-34-25-13-4-14-26-34)45-37(31-19-7-1-8-20-31)38(32-21-9-2-10-22-32)46-48(40,43-35-27-15-5-16-28-35)44-36-29-17-6-18-30-36/h1-30,37-38H. The number of hydrogen-bond acceptors (Lipinski definition) is 8. The van der Waals surface area contributed by atoms with E-state index in [2.05, 4.69) is 0 Å². The quantitative estimate of drug-likeness (QED) is 0.0992. The predicted octanol–water partition coefficient (Wildman–Crippen LogP) is 11.0. The Balaban J connectivity index is 1.45. The van der Waals surface area contributed by atoms with Crippen LogP contribution in [0.15, 0.2) is 182 Å². The molecule has 0 aliphatic carbocycles. The van der Waals surface area contributed by atoms with Gasteiger partial charge in [0, 0.05) is 0 Å². The molecule has 6 aromatic carbocycles. The van der Waals surface area contributed by atoms with Gasteiger partial charge in [-0.05, 0) is 59.7 Å². The molecule has 2 unspecified atom stereocenters. The maximum absolute atomic E-state index is 14.8. The first-order chi connectivity index (χ1) is 23.5. The maximum atomic E-state index is 14.8. The van der Waals surface area contributed by atoms with E-state index in [1.807, 2.05) is 12.1 Å². The highest BCUT2D eigenvalue weighted by Gasteiger charge is 2.44. The minimum absolute atomic E-state index is 0.256. The van der Waals surface area contributed by atoms with Gasteiger partial charge in [0.25, 0.3) is 0 Å². The van der Waals surface area contributed by atoms with Crippen molar-refractivity contribution in [2.24, 2.45) is 0 Å². The Kier molecular flexibility index (Phi) is 10.7. The van der Waals surface area contributed by atoms with Gasteiger partial charge in [-0.2, -0.15) is 0 Å². The van der Waals surface area contributed by atoms with E-state index >= 15 is 0 Å². The summed E-state index contributed by atoms with van der Waals surface area (Å²) in [5.41, 5.74) is 1.07. The Morgan fingerprint density at radius 1 is 0.312 bits per heavy atom. The van der Waals surface area contributed by atoms with Crippen LogP contribution in [-0.2, 0) is 18.2 Å². The Hall–Kier alpha value is -5.10. The molecule has 0 aromatic heterocycles. The Morgan fingerprint density at radius 2 is 0.521 bits per heavy atom. The molecular weight excluding hydrogens is 646 g/mol. The van der Waals surface area contributed by atoms with Gasteiger partial charge in [0.2, 0.25) is 0 Å². The van der Waals surface area contributed by atoms with Crippen molar-refractivity contribution in [2.45, 2.75) is 12.2 Å². The molecule has 242 valence electrons. The normalized spacial score (nSPS) is 12.8. The van der Waals surface area contributed by atoms with Crippen molar-refractivity contribution in [1.82, 2.24) is 0 Å². The summed E-state index contributed by atoms with van der Waals surface area (Å²) in [4.78, 5) is 0. The van der Waals surface area contributed by atoms with E-state index in [4.69, 9.17) is 27.1 Å². The lowest BCUT2D eigenvalue weighted by atomic mass is 9.98. The van der Waals surface area contributed by atoms with Crippen molar-refractivity contribution in [2.75, 3.05) is 0 Å². The van der Waals surface area contributed by atoms with Crippen molar-refractivity contribution in [1.29, 1.82) is 0 Å². The van der Waals surface area contributed by atoms with Gasteiger partial charge in [-0.25, -0.2) is 9.13 Å². The highest BCUT2D eigenvalue weighted by atomic mass is 31.2. The lowest BCUT2D eigenvalue weighted by Gasteiger charge is -2.32. The smallest absolute Gasteiger partial charge is 0.395 e. The minimum Gasteiger partial charge on any atom is -0.395 e. The molecule has 0 heterocycles. The lowest BCUT2D eigenvalue weighted by Crippen LogP contribution is -2.21. The first-order valence-corrected chi connectivity index (χ1v) is 18.0. The molecule has 0 radical (unpaired) electrons. The summed E-state index contributed by atoms with van der Waals surface area (Å²) in [7, 11) is -9.02. The summed E-state index contributed by atoms with van der Waals surface area (Å²) >= 11 is 0. The zero-order valence-corrected chi connectivity index (χ0v) is 27.4. The number of phosphoric ester groups is 2. The fraction of sp³-hybridized carbons (Fsp3) is 0.0526. The second-order valence-corrected chi connectivity index (χ2v) is 13.3. The molecule has 48 heavy (non-hydrogen) atoms. The van der Waals surface area contributed by atoms with Crippen LogP contribution in [0.25, 0.3) is 0 Å². The van der Waals surface area contributed by atoms with Crippen LogP contribution in [-0.4, -0.2) is 0 Å². The number of hydrogen-bond donors (Lipinski definition) is 0. The second kappa shape index (κ2) is 15.7. The van der Waals surface area contributed by atoms with Gasteiger partial charge in [0.1, 0.15) is 35.2 Å². The Labute approximate surface area is 279 Å². The van der Waals surface area contributed by atoms with Crippen LogP contribution >= 0.6 is 15.6 Å². The van der Waals surface area contributed by atoms with Crippen LogP contribution in [0, 0.1) is 0 Å². The SMILES string of the molecule is O=P(Oc1ccccc1)(Oc1ccccc1)OC(c1ccccc1)C(OP(=O)(Oc1ccccc1)Oc1ccccc1)c1ccccc1. The third-order valence-electron chi connectivity index (χ3n) is 6.86. The third-order valence-corrected chi connectivity index (χ3v) is 9.57. The summed E-state index contributed by atoms with van der Waals surface area (Å²) in [5.74, 6) is 1.02. The number of phosphoric acid groups is 2. The maximum Gasteiger partial charge on any atom is 0.588 e. The summed E-state index contributed by atoms with van der Waals surface area (Å²) in [6, 6.07) is 52.3. The predicted molar refractivity (Wildman–Crippen MR) is 184 cm³/mol. The molecule has 0 saturated carbocycles. The van der Waals surface area contributed by atoms with E-state index in [0.29, 0.717) is 11.1 Å². The highest BCUT2D eigenvalue weighted by Crippen LogP contribution is 2.60. The van der Waals surface area contributed by atoms with E-state index in [1.54, 1.807) is 170 Å². The molecular formula is C38H32O8P2. The fourth-order valence-electron chi connectivity index (χ4n) is 4.71. The van der Waals surface area contributed by atoms with Crippen LogP contribution in [0.3, 0.4) is 0 Å². The number of para-hydroxylation sites is 4. The van der Waals surface area contributed by atoms with Gasteiger partial charge in [-0.1, -0.05) is 133 Å². The Morgan fingerprint density at radius 3 is 0.750 bits per heavy atom. The topological polar surface area (TPSA) is 89.5 Å². The fourth-order valence-corrected chi connectivity index (χ4v) is 7.50. The van der Waals surface area contributed by atoms with Crippen molar-refractivity contribution in [3.05, 3.63) is 193 Å². The zero-order valence-electron chi connectivity index (χ0n) is 25.6. The molecule has 6 aromatic rings. The average Bonchev–Trinajstić information content (AvgIpc) is 3.12. The summed E-state index contributed by atoms with van der Waals surface area (Å²) in [5, 5.41) is 0. The van der Waals surface area contributed by atoms with Crippen LogP contribution in [0.4, 0.5) is 0 Å². The molecule has 6 rings (SSSR count). The van der Waals surface area contributed by atoms with Crippen LogP contribution in [0.5, 0.6) is 23.0 Å². The van der Waals surface area contributed by atoms with Crippen molar-refractivity contribution < 1.29 is 36.3 Å². The van der Waals surface area contributed by atoms with Crippen LogP contribution in [0.2, 0.25) is 0 Å². The summed E-state index contributed by atoms with van der Waals surface area (Å²) < 4.78 is 66.4. The monoisotopic (exact) mass is 678 g/mol. The molecule has 0 spiro atoms. The summed E-state index contributed by atoms with van der Waals surface area (Å²) in [6.07, 6.45) is -2.45. The first kappa shape index (κ1) is 32.8. The molecule has 2 atom stereocenters. The number of benzene rings is 6. The molecule has 0 saturated heterocycles. The molecule has 0 bridgehead atoms.